The van der Waals surface area contributed by atoms with Gasteiger partial charge in [-0.05, 0) is 12.3 Å². The normalized spacial score (nSPS) is 19.3. The van der Waals surface area contributed by atoms with Crippen LogP contribution < -0.4 is 5.73 Å². The highest BCUT2D eigenvalue weighted by Gasteiger charge is 2.23. The van der Waals surface area contributed by atoms with Crippen molar-refractivity contribution in [3.8, 4) is 0 Å². The van der Waals surface area contributed by atoms with Gasteiger partial charge in [-0.15, -0.1) is 0 Å². The Morgan fingerprint density at radius 2 is 2.43 bits per heavy atom. The van der Waals surface area contributed by atoms with E-state index in [1.165, 1.54) is 19.3 Å². The maximum absolute atomic E-state index is 9.92. The molecule has 78 valence electrons. The number of aliphatic hydroxyl groups is 1. The molecule has 4 nitrogen and oxygen atoms in total. The molecule has 0 aromatic carbocycles. The average molecular weight is 195 g/mol. The summed E-state index contributed by atoms with van der Waals surface area (Å²) in [5.74, 6) is 1.27. The first-order valence-corrected chi connectivity index (χ1v) is 5.14. The van der Waals surface area contributed by atoms with Crippen LogP contribution in [-0.4, -0.2) is 14.9 Å². The van der Waals surface area contributed by atoms with E-state index in [0.29, 0.717) is 11.7 Å². The van der Waals surface area contributed by atoms with E-state index in [1.54, 1.807) is 17.9 Å². The number of nitrogens with zero attached hydrogens (tertiary/aromatic N) is 2. The molecule has 0 aliphatic heterocycles. The third-order valence-corrected chi connectivity index (χ3v) is 3.15. The highest BCUT2D eigenvalue weighted by atomic mass is 16.3. The molecule has 4 heteroatoms. The van der Waals surface area contributed by atoms with E-state index in [2.05, 4.69) is 5.10 Å². The maximum Gasteiger partial charge on any atom is 0.127 e. The Morgan fingerprint density at radius 3 is 2.86 bits per heavy atom. The predicted molar refractivity (Wildman–Crippen MR) is 54.5 cm³/mol. The van der Waals surface area contributed by atoms with Gasteiger partial charge in [-0.2, -0.15) is 5.10 Å². The molecule has 1 atom stereocenters. The van der Waals surface area contributed by atoms with Crippen LogP contribution >= 0.6 is 0 Å². The minimum Gasteiger partial charge on any atom is -0.388 e. The lowest BCUT2D eigenvalue weighted by Gasteiger charge is -2.27. The monoisotopic (exact) mass is 195 g/mol. The summed E-state index contributed by atoms with van der Waals surface area (Å²) in [5.41, 5.74) is 6.56. The molecule has 14 heavy (non-hydrogen) atoms. The predicted octanol–water partition coefficient (Wildman–Crippen LogP) is 1.23. The minimum atomic E-state index is -0.436. The number of aromatic nitrogens is 2. The van der Waals surface area contributed by atoms with Gasteiger partial charge in [0.1, 0.15) is 5.82 Å². The molecule has 0 amide bonds. The molecule has 0 radical (unpaired) electrons. The fraction of sp³-hybridized carbons (Fsp3) is 0.700. The molecule has 3 N–H and O–H groups in total. The molecular formula is C10H17N3O. The van der Waals surface area contributed by atoms with Crippen LogP contribution in [0.1, 0.15) is 37.4 Å². The van der Waals surface area contributed by atoms with E-state index in [0.717, 1.165) is 12.0 Å². The van der Waals surface area contributed by atoms with Gasteiger partial charge < -0.3 is 10.8 Å². The zero-order valence-electron chi connectivity index (χ0n) is 8.48. The number of aryl methyl sites for hydroxylation is 1. The van der Waals surface area contributed by atoms with Gasteiger partial charge in [-0.1, -0.05) is 19.3 Å². The minimum absolute atomic E-state index is 0.436. The van der Waals surface area contributed by atoms with E-state index in [1.807, 2.05) is 0 Å². The Balaban J connectivity index is 2.02. The summed E-state index contributed by atoms with van der Waals surface area (Å²) >= 11 is 0. The first-order chi connectivity index (χ1) is 6.68. The van der Waals surface area contributed by atoms with Crippen LogP contribution in [0.3, 0.4) is 0 Å². The summed E-state index contributed by atoms with van der Waals surface area (Å²) in [6, 6.07) is 0. The summed E-state index contributed by atoms with van der Waals surface area (Å²) in [6.45, 7) is 0. The van der Waals surface area contributed by atoms with Crippen LogP contribution in [0.15, 0.2) is 6.20 Å². The van der Waals surface area contributed by atoms with Crippen molar-refractivity contribution < 1.29 is 5.11 Å². The number of rotatable bonds is 3. The van der Waals surface area contributed by atoms with E-state index >= 15 is 0 Å². The van der Waals surface area contributed by atoms with Gasteiger partial charge in [0.15, 0.2) is 0 Å². The average Bonchev–Trinajstić information content (AvgIpc) is 2.41. The Hall–Kier alpha value is -1.03. The van der Waals surface area contributed by atoms with Crippen molar-refractivity contribution in [2.45, 2.75) is 31.8 Å². The van der Waals surface area contributed by atoms with Crippen LogP contribution in [0.2, 0.25) is 0 Å². The van der Waals surface area contributed by atoms with E-state index < -0.39 is 6.10 Å². The van der Waals surface area contributed by atoms with E-state index in [9.17, 15) is 5.11 Å². The number of anilines is 1. The molecule has 1 aromatic heterocycles. The van der Waals surface area contributed by atoms with E-state index in [4.69, 9.17) is 5.73 Å². The summed E-state index contributed by atoms with van der Waals surface area (Å²) in [6.07, 6.45) is 5.86. The Labute approximate surface area is 83.7 Å². The summed E-state index contributed by atoms with van der Waals surface area (Å²) in [4.78, 5) is 0. The van der Waals surface area contributed by atoms with Crippen LogP contribution in [0.25, 0.3) is 0 Å². The molecule has 0 spiro atoms. The highest BCUT2D eigenvalue weighted by Crippen LogP contribution is 2.35. The van der Waals surface area contributed by atoms with Gasteiger partial charge in [0.05, 0.1) is 12.3 Å². The second-order valence-electron chi connectivity index (χ2n) is 4.16. The molecule has 1 aliphatic rings. The summed E-state index contributed by atoms with van der Waals surface area (Å²) < 4.78 is 1.60. The van der Waals surface area contributed by atoms with Gasteiger partial charge in [-0.3, -0.25) is 4.68 Å². The number of nitrogen functional groups attached to an aromatic ring is 1. The highest BCUT2D eigenvalue weighted by molar-refractivity contribution is 5.39. The van der Waals surface area contributed by atoms with Crippen LogP contribution in [-0.2, 0) is 7.05 Å². The lowest BCUT2D eigenvalue weighted by molar-refractivity contribution is 0.119. The third kappa shape index (κ3) is 1.62. The Bertz CT molecular complexity index is 317. The lowest BCUT2D eigenvalue weighted by atomic mass is 9.80. The number of aliphatic hydroxyl groups excluding tert-OH is 1. The van der Waals surface area contributed by atoms with Crippen molar-refractivity contribution in [2.75, 3.05) is 5.73 Å². The van der Waals surface area contributed by atoms with Gasteiger partial charge in [0.25, 0.3) is 0 Å². The largest absolute Gasteiger partial charge is 0.388 e. The van der Waals surface area contributed by atoms with Crippen LogP contribution in [0.5, 0.6) is 0 Å². The van der Waals surface area contributed by atoms with Crippen molar-refractivity contribution in [2.24, 2.45) is 13.0 Å². The number of nitrogens with two attached hydrogens (primary N) is 1. The lowest BCUT2D eigenvalue weighted by Crippen LogP contribution is -2.15. The van der Waals surface area contributed by atoms with Crippen molar-refractivity contribution in [1.82, 2.24) is 9.78 Å². The van der Waals surface area contributed by atoms with Crippen LogP contribution in [0, 0.1) is 5.92 Å². The number of hydrogen-bond donors (Lipinski definition) is 2. The molecule has 1 unspecified atom stereocenters. The van der Waals surface area contributed by atoms with Crippen molar-refractivity contribution in [1.29, 1.82) is 0 Å². The summed E-state index contributed by atoms with van der Waals surface area (Å²) in [7, 11) is 1.79. The molecule has 1 aliphatic carbocycles. The fourth-order valence-electron chi connectivity index (χ4n) is 1.89. The first-order valence-electron chi connectivity index (χ1n) is 5.14. The Kier molecular flexibility index (Phi) is 2.46. The first kappa shape index (κ1) is 9.52. The quantitative estimate of drug-likeness (QED) is 0.762. The topological polar surface area (TPSA) is 64.1 Å². The zero-order valence-corrected chi connectivity index (χ0v) is 8.48. The fourth-order valence-corrected chi connectivity index (χ4v) is 1.89. The third-order valence-electron chi connectivity index (χ3n) is 3.15. The molecule has 1 aromatic rings. The van der Waals surface area contributed by atoms with Crippen LogP contribution in [0.4, 0.5) is 5.82 Å². The van der Waals surface area contributed by atoms with Crippen molar-refractivity contribution in [3.63, 3.8) is 0 Å². The SMILES string of the molecule is Cn1ncc(C(O)CC2CCC2)c1N. The van der Waals surface area contributed by atoms with Gasteiger partial charge in [0, 0.05) is 12.6 Å². The van der Waals surface area contributed by atoms with Gasteiger partial charge >= 0.3 is 0 Å². The molecule has 0 saturated heterocycles. The molecule has 2 rings (SSSR count). The maximum atomic E-state index is 9.92. The van der Waals surface area contributed by atoms with Gasteiger partial charge in [0.2, 0.25) is 0 Å². The van der Waals surface area contributed by atoms with Crippen molar-refractivity contribution >= 4 is 5.82 Å². The second-order valence-corrected chi connectivity index (χ2v) is 4.16. The van der Waals surface area contributed by atoms with E-state index in [-0.39, 0.29) is 0 Å². The number of hydrogen-bond acceptors (Lipinski definition) is 3. The molecular weight excluding hydrogens is 178 g/mol. The van der Waals surface area contributed by atoms with Crippen molar-refractivity contribution in [3.05, 3.63) is 11.8 Å². The molecule has 1 saturated carbocycles. The molecule has 1 fully saturated rings. The Morgan fingerprint density at radius 1 is 1.71 bits per heavy atom. The summed E-state index contributed by atoms with van der Waals surface area (Å²) in [5, 5.41) is 13.9. The van der Waals surface area contributed by atoms with Gasteiger partial charge in [-0.25, -0.2) is 0 Å². The zero-order chi connectivity index (χ0) is 10.1. The molecule has 0 bridgehead atoms. The second kappa shape index (κ2) is 3.61. The molecule has 1 heterocycles. The smallest absolute Gasteiger partial charge is 0.127 e. The standard InChI is InChI=1S/C10H17N3O/c1-13-10(11)8(6-12-13)9(14)5-7-3-2-4-7/h6-7,9,14H,2-5,11H2,1H3.